The van der Waals surface area contributed by atoms with Crippen LogP contribution in [0.4, 0.5) is 14.5 Å². The summed E-state index contributed by atoms with van der Waals surface area (Å²) in [6.07, 6.45) is 2.55. The number of nitrogens with one attached hydrogen (secondary N) is 1. The van der Waals surface area contributed by atoms with Crippen LogP contribution in [0.5, 0.6) is 0 Å². The summed E-state index contributed by atoms with van der Waals surface area (Å²) in [6, 6.07) is 15.3. The van der Waals surface area contributed by atoms with Crippen LogP contribution in [-0.2, 0) is 32.6 Å². The fraction of sp³-hybridized carbons (Fsp3) is 0.310. The molecule has 3 aromatic rings. The van der Waals surface area contributed by atoms with E-state index in [4.69, 9.17) is 23.2 Å². The van der Waals surface area contributed by atoms with Crippen LogP contribution in [0.3, 0.4) is 0 Å². The number of anilines is 1. The van der Waals surface area contributed by atoms with Crippen molar-refractivity contribution in [2.24, 2.45) is 0 Å². The molecule has 3 aromatic carbocycles. The van der Waals surface area contributed by atoms with Crippen molar-refractivity contribution in [2.45, 2.75) is 38.8 Å². The van der Waals surface area contributed by atoms with Gasteiger partial charge in [-0.25, -0.2) is 17.2 Å². The zero-order valence-corrected chi connectivity index (χ0v) is 24.9. The number of carbonyl (C=O) groups excluding carboxylic acids is 2. The number of rotatable bonds is 13. The molecule has 0 bridgehead atoms. The van der Waals surface area contributed by atoms with E-state index in [2.05, 4.69) is 5.32 Å². The van der Waals surface area contributed by atoms with Gasteiger partial charge < -0.3 is 10.2 Å². The average Bonchev–Trinajstić information content (AvgIpc) is 2.92. The van der Waals surface area contributed by atoms with E-state index in [1.165, 1.54) is 4.90 Å². The molecule has 0 aliphatic heterocycles. The van der Waals surface area contributed by atoms with Crippen LogP contribution in [0, 0.1) is 11.6 Å². The Kier molecular flexibility index (Phi) is 11.5. The zero-order valence-electron chi connectivity index (χ0n) is 22.6. The van der Waals surface area contributed by atoms with Gasteiger partial charge in [0.25, 0.3) is 0 Å². The molecule has 3 rings (SSSR count). The van der Waals surface area contributed by atoms with Crippen molar-refractivity contribution in [3.05, 3.63) is 99.5 Å². The Hall–Kier alpha value is -3.21. The van der Waals surface area contributed by atoms with Gasteiger partial charge in [0.15, 0.2) is 11.6 Å². The number of carbonyl (C=O) groups is 2. The predicted molar refractivity (Wildman–Crippen MR) is 157 cm³/mol. The van der Waals surface area contributed by atoms with Crippen LogP contribution in [0.25, 0.3) is 0 Å². The molecule has 0 saturated heterocycles. The lowest BCUT2D eigenvalue weighted by Gasteiger charge is -2.33. The van der Waals surface area contributed by atoms with Crippen LogP contribution in [0.2, 0.25) is 10.0 Å². The summed E-state index contributed by atoms with van der Waals surface area (Å²) in [5.41, 5.74) is 1.09. The molecule has 1 atom stereocenters. The molecule has 1 N–H and O–H groups in total. The smallest absolute Gasteiger partial charge is 0.244 e. The van der Waals surface area contributed by atoms with Crippen LogP contribution < -0.4 is 9.62 Å². The van der Waals surface area contributed by atoms with E-state index >= 15 is 0 Å². The average molecular weight is 627 g/mol. The van der Waals surface area contributed by atoms with Crippen molar-refractivity contribution < 1.29 is 26.8 Å². The first-order chi connectivity index (χ1) is 19.4. The summed E-state index contributed by atoms with van der Waals surface area (Å²) in [4.78, 5) is 28.8. The molecule has 0 unspecified atom stereocenters. The van der Waals surface area contributed by atoms with Crippen molar-refractivity contribution in [3.63, 3.8) is 0 Å². The highest BCUT2D eigenvalue weighted by atomic mass is 35.5. The highest BCUT2D eigenvalue weighted by Gasteiger charge is 2.33. The van der Waals surface area contributed by atoms with Gasteiger partial charge in [-0.1, -0.05) is 72.9 Å². The molecule has 0 radical (unpaired) electrons. The lowest BCUT2D eigenvalue weighted by molar-refractivity contribution is -0.140. The number of benzene rings is 3. The van der Waals surface area contributed by atoms with Gasteiger partial charge in [0.2, 0.25) is 21.8 Å². The topological polar surface area (TPSA) is 86.8 Å². The molecule has 0 saturated carbocycles. The maximum absolute atomic E-state index is 14.0. The maximum atomic E-state index is 14.0. The molecular weight excluding hydrogens is 595 g/mol. The number of halogens is 4. The Balaban J connectivity index is 2.06. The highest BCUT2D eigenvalue weighted by molar-refractivity contribution is 7.92. The Labute approximate surface area is 249 Å². The molecular formula is C29H31Cl2F2N3O4S. The largest absolute Gasteiger partial charge is 0.354 e. The van der Waals surface area contributed by atoms with Crippen LogP contribution in [0.1, 0.15) is 30.9 Å². The summed E-state index contributed by atoms with van der Waals surface area (Å²) >= 11 is 12.3. The van der Waals surface area contributed by atoms with Crippen molar-refractivity contribution in [1.82, 2.24) is 10.2 Å². The SMILES string of the molecule is CCCCNC(=O)[C@@H](Cc1ccccc1)N(Cc1ccc(Cl)c(Cl)c1)C(=O)CN(c1ccc(F)c(F)c1)S(C)(=O)=O. The normalized spacial score (nSPS) is 12.0. The van der Waals surface area contributed by atoms with Gasteiger partial charge in [0.05, 0.1) is 22.0 Å². The molecule has 12 heteroatoms. The molecule has 220 valence electrons. The van der Waals surface area contributed by atoms with Crippen molar-refractivity contribution in [1.29, 1.82) is 0 Å². The maximum Gasteiger partial charge on any atom is 0.244 e. The molecule has 0 aliphatic rings. The number of amides is 2. The van der Waals surface area contributed by atoms with Gasteiger partial charge >= 0.3 is 0 Å². The van der Waals surface area contributed by atoms with Gasteiger partial charge in [-0.15, -0.1) is 0 Å². The zero-order chi connectivity index (χ0) is 30.2. The van der Waals surface area contributed by atoms with Crippen molar-refractivity contribution >= 4 is 50.7 Å². The van der Waals surface area contributed by atoms with Gasteiger partial charge in [-0.05, 0) is 41.8 Å². The standard InChI is InChI=1S/C29H31Cl2F2N3O4S/c1-3-4-14-34-29(38)27(16-20-8-6-5-7-9-20)35(18-21-10-12-23(30)24(31)15-21)28(37)19-36(41(2,39)40)22-11-13-25(32)26(33)17-22/h5-13,15,17,27H,3-4,14,16,18-19H2,1-2H3,(H,34,38)/t27-/m1/s1. The molecule has 0 heterocycles. The molecule has 0 aliphatic carbocycles. The quantitative estimate of drug-likeness (QED) is 0.251. The first-order valence-electron chi connectivity index (χ1n) is 12.9. The third-order valence-electron chi connectivity index (χ3n) is 6.31. The highest BCUT2D eigenvalue weighted by Crippen LogP contribution is 2.25. The van der Waals surface area contributed by atoms with E-state index in [-0.39, 0.29) is 23.7 Å². The number of unbranched alkanes of at least 4 members (excludes halogenated alkanes) is 1. The Bertz CT molecular complexity index is 1480. The number of hydrogen-bond acceptors (Lipinski definition) is 4. The lowest BCUT2D eigenvalue weighted by atomic mass is 10.0. The minimum absolute atomic E-state index is 0.107. The van der Waals surface area contributed by atoms with E-state index < -0.39 is 46.1 Å². The minimum Gasteiger partial charge on any atom is -0.354 e. The fourth-order valence-corrected chi connectivity index (χ4v) is 5.31. The second-order valence-corrected chi connectivity index (χ2v) is 12.2. The summed E-state index contributed by atoms with van der Waals surface area (Å²) in [5, 5.41) is 3.41. The minimum atomic E-state index is -4.13. The van der Waals surface area contributed by atoms with Gasteiger partial charge in [0, 0.05) is 25.6 Å². The van der Waals surface area contributed by atoms with E-state index in [9.17, 15) is 26.8 Å². The van der Waals surface area contributed by atoms with E-state index in [0.717, 1.165) is 36.8 Å². The van der Waals surface area contributed by atoms with Crippen LogP contribution >= 0.6 is 23.2 Å². The van der Waals surface area contributed by atoms with Gasteiger partial charge in [-0.2, -0.15) is 0 Å². The van der Waals surface area contributed by atoms with Crippen LogP contribution in [-0.4, -0.2) is 50.5 Å². The van der Waals surface area contributed by atoms with E-state index in [1.54, 1.807) is 30.3 Å². The van der Waals surface area contributed by atoms with Crippen LogP contribution in [0.15, 0.2) is 66.7 Å². The third kappa shape index (κ3) is 9.14. The molecule has 2 amide bonds. The molecule has 0 fully saturated rings. The van der Waals surface area contributed by atoms with Gasteiger partial charge in [-0.3, -0.25) is 13.9 Å². The first-order valence-corrected chi connectivity index (χ1v) is 15.5. The van der Waals surface area contributed by atoms with E-state index in [0.29, 0.717) is 27.5 Å². The van der Waals surface area contributed by atoms with Gasteiger partial charge in [0.1, 0.15) is 12.6 Å². The summed E-state index contributed by atoms with van der Waals surface area (Å²) in [6.45, 7) is 1.49. The molecule has 0 aromatic heterocycles. The Morgan fingerprint density at radius 1 is 0.927 bits per heavy atom. The first kappa shape index (κ1) is 32.3. The molecule has 0 spiro atoms. The Morgan fingerprint density at radius 3 is 2.24 bits per heavy atom. The monoisotopic (exact) mass is 625 g/mol. The summed E-state index contributed by atoms with van der Waals surface area (Å²) < 4.78 is 53.8. The Morgan fingerprint density at radius 2 is 1.63 bits per heavy atom. The van der Waals surface area contributed by atoms with E-state index in [1.807, 2.05) is 25.1 Å². The number of hydrogen-bond donors (Lipinski definition) is 1. The number of sulfonamides is 1. The third-order valence-corrected chi connectivity index (χ3v) is 8.19. The molecule has 41 heavy (non-hydrogen) atoms. The lowest BCUT2D eigenvalue weighted by Crippen LogP contribution is -2.53. The summed E-state index contributed by atoms with van der Waals surface area (Å²) in [7, 11) is -4.13. The summed E-state index contributed by atoms with van der Waals surface area (Å²) in [5.74, 6) is -3.60. The van der Waals surface area contributed by atoms with Crippen molar-refractivity contribution in [2.75, 3.05) is 23.7 Å². The second kappa shape index (κ2) is 14.6. The second-order valence-electron chi connectivity index (χ2n) is 9.49. The fourth-order valence-electron chi connectivity index (χ4n) is 4.15. The predicted octanol–water partition coefficient (Wildman–Crippen LogP) is 5.59. The number of nitrogens with zero attached hydrogens (tertiary/aromatic N) is 2. The molecule has 7 nitrogen and oxygen atoms in total. The van der Waals surface area contributed by atoms with Crippen molar-refractivity contribution in [3.8, 4) is 0 Å².